The smallest absolute Gasteiger partial charge is 0.416 e. The molecular formula is C27H28F3NO3. The quantitative estimate of drug-likeness (QED) is 0.483. The van der Waals surface area contributed by atoms with Gasteiger partial charge in [-0.25, -0.2) is 0 Å². The summed E-state index contributed by atoms with van der Waals surface area (Å²) < 4.78 is 48.7. The van der Waals surface area contributed by atoms with Gasteiger partial charge >= 0.3 is 12.1 Å². The van der Waals surface area contributed by atoms with Crippen molar-refractivity contribution < 1.29 is 27.4 Å². The van der Waals surface area contributed by atoms with E-state index in [1.165, 1.54) is 39.5 Å². The van der Waals surface area contributed by atoms with Crippen molar-refractivity contribution in [3.8, 4) is 16.9 Å². The normalized spacial score (nSPS) is 12.4. The number of methoxy groups -OCH3 is 2. The minimum absolute atomic E-state index is 0.0477. The Labute approximate surface area is 197 Å². The first kappa shape index (κ1) is 25.3. The molecule has 0 amide bonds. The van der Waals surface area contributed by atoms with Crippen LogP contribution in [0.2, 0.25) is 0 Å². The second-order valence-corrected chi connectivity index (χ2v) is 7.98. The first-order chi connectivity index (χ1) is 16.3. The lowest BCUT2D eigenvalue weighted by atomic mass is 9.94. The average molecular weight is 472 g/mol. The second kappa shape index (κ2) is 11.2. The zero-order valence-electron chi connectivity index (χ0n) is 19.2. The highest BCUT2D eigenvalue weighted by molar-refractivity contribution is 5.77. The monoisotopic (exact) mass is 471 g/mol. The highest BCUT2D eigenvalue weighted by Gasteiger charge is 2.31. The van der Waals surface area contributed by atoms with Gasteiger partial charge in [0.2, 0.25) is 0 Å². The number of hydrogen-bond acceptors (Lipinski definition) is 4. The predicted molar refractivity (Wildman–Crippen MR) is 126 cm³/mol. The molecule has 0 atom stereocenters. The number of nitrogens with two attached hydrogens (primary N) is 1. The van der Waals surface area contributed by atoms with Gasteiger partial charge in [0.15, 0.2) is 0 Å². The van der Waals surface area contributed by atoms with Gasteiger partial charge < -0.3 is 15.2 Å². The molecule has 0 unspecified atom stereocenters. The third-order valence-corrected chi connectivity index (χ3v) is 5.79. The molecule has 0 saturated carbocycles. The Hall–Kier alpha value is -3.32. The number of ether oxygens (including phenoxy) is 2. The van der Waals surface area contributed by atoms with Crippen molar-refractivity contribution in [1.29, 1.82) is 0 Å². The van der Waals surface area contributed by atoms with Gasteiger partial charge in [-0.2, -0.15) is 13.2 Å². The van der Waals surface area contributed by atoms with Gasteiger partial charge in [0.05, 0.1) is 26.2 Å². The average Bonchev–Trinajstić information content (AvgIpc) is 3.32. The van der Waals surface area contributed by atoms with Gasteiger partial charge in [-0.05, 0) is 71.3 Å². The topological polar surface area (TPSA) is 61.5 Å². The van der Waals surface area contributed by atoms with E-state index >= 15 is 0 Å². The number of benzene rings is 3. The van der Waals surface area contributed by atoms with Crippen molar-refractivity contribution in [3.05, 3.63) is 88.5 Å². The molecule has 1 aliphatic carbocycles. The fourth-order valence-electron chi connectivity index (χ4n) is 4.03. The fourth-order valence-corrected chi connectivity index (χ4v) is 4.03. The number of carbonyl (C=O) groups excluding carboxylic acids is 1. The van der Waals surface area contributed by atoms with Gasteiger partial charge in [0.1, 0.15) is 5.75 Å². The molecule has 0 radical (unpaired) electrons. The standard InChI is InChI=1S/C18H18F3NO3.C9H10/c1-24-16-6-3-11(8-17(23)25-2)7-15(16)14-5-4-13(18(19,20)21)9-12(14)10-22;1-2-5-9-7-3-6-8(9)4-1/h3-7,9H,8,10,22H2,1-2H3;1-2,4-5H,3,6-7H2. The number of rotatable bonds is 5. The molecular weight excluding hydrogens is 443 g/mol. The molecule has 4 rings (SSSR count). The number of halogens is 3. The molecule has 0 spiro atoms. The Morgan fingerprint density at radius 3 is 2.18 bits per heavy atom. The molecule has 0 aliphatic heterocycles. The van der Waals surface area contributed by atoms with Crippen molar-refractivity contribution >= 4 is 5.97 Å². The van der Waals surface area contributed by atoms with Crippen molar-refractivity contribution in [2.45, 2.75) is 38.4 Å². The Balaban J connectivity index is 0.000000296. The second-order valence-electron chi connectivity index (χ2n) is 7.98. The summed E-state index contributed by atoms with van der Waals surface area (Å²) in [6.45, 7) is -0.0658. The van der Waals surface area contributed by atoms with Crippen LogP contribution in [0, 0.1) is 0 Å². The maximum Gasteiger partial charge on any atom is 0.416 e. The molecule has 2 N–H and O–H groups in total. The summed E-state index contributed by atoms with van der Waals surface area (Å²) >= 11 is 0. The number of fused-ring (bicyclic) bond motifs is 1. The Morgan fingerprint density at radius 1 is 0.941 bits per heavy atom. The maximum absolute atomic E-state index is 12.9. The molecule has 0 saturated heterocycles. The summed E-state index contributed by atoms with van der Waals surface area (Å²) in [7, 11) is 2.75. The van der Waals surface area contributed by atoms with E-state index in [0.717, 1.165) is 12.1 Å². The van der Waals surface area contributed by atoms with Gasteiger partial charge in [-0.15, -0.1) is 0 Å². The molecule has 1 aliphatic rings. The number of hydrogen-bond donors (Lipinski definition) is 1. The van der Waals surface area contributed by atoms with Crippen LogP contribution in [0.25, 0.3) is 11.1 Å². The van der Waals surface area contributed by atoms with Gasteiger partial charge in [0.25, 0.3) is 0 Å². The molecule has 4 nitrogen and oxygen atoms in total. The molecule has 34 heavy (non-hydrogen) atoms. The summed E-state index contributed by atoms with van der Waals surface area (Å²) in [6, 6.07) is 17.2. The molecule has 180 valence electrons. The molecule has 0 bridgehead atoms. The van der Waals surface area contributed by atoms with Gasteiger partial charge in [0, 0.05) is 12.1 Å². The third-order valence-electron chi connectivity index (χ3n) is 5.79. The summed E-state index contributed by atoms with van der Waals surface area (Å²) in [4.78, 5) is 11.5. The molecule has 0 aromatic heterocycles. The minimum Gasteiger partial charge on any atom is -0.496 e. The van der Waals surface area contributed by atoms with E-state index in [9.17, 15) is 18.0 Å². The number of esters is 1. The third kappa shape index (κ3) is 6.17. The lowest BCUT2D eigenvalue weighted by Gasteiger charge is -2.16. The number of alkyl halides is 3. The van der Waals surface area contributed by atoms with Crippen LogP contribution in [-0.2, 0) is 41.5 Å². The Kier molecular flexibility index (Phi) is 8.34. The molecule has 3 aromatic carbocycles. The first-order valence-corrected chi connectivity index (χ1v) is 11.0. The van der Waals surface area contributed by atoms with Crippen LogP contribution in [0.3, 0.4) is 0 Å². The van der Waals surface area contributed by atoms with Crippen LogP contribution in [0.1, 0.15) is 34.2 Å². The zero-order chi connectivity index (χ0) is 24.7. The van der Waals surface area contributed by atoms with Crippen LogP contribution >= 0.6 is 0 Å². The van der Waals surface area contributed by atoms with E-state index in [1.807, 2.05) is 0 Å². The molecule has 0 fully saturated rings. The zero-order valence-corrected chi connectivity index (χ0v) is 19.2. The van der Waals surface area contributed by atoms with Gasteiger partial charge in [-0.1, -0.05) is 36.4 Å². The predicted octanol–water partition coefficient (Wildman–Crippen LogP) is 5.73. The van der Waals surface area contributed by atoms with Gasteiger partial charge in [-0.3, -0.25) is 4.79 Å². The van der Waals surface area contributed by atoms with E-state index in [4.69, 9.17) is 10.5 Å². The lowest BCUT2D eigenvalue weighted by molar-refractivity contribution is -0.140. The lowest BCUT2D eigenvalue weighted by Crippen LogP contribution is -2.08. The van der Waals surface area contributed by atoms with Crippen molar-refractivity contribution in [2.75, 3.05) is 14.2 Å². The van der Waals surface area contributed by atoms with Crippen molar-refractivity contribution in [3.63, 3.8) is 0 Å². The summed E-state index contributed by atoms with van der Waals surface area (Å²) in [5.74, 6) is 0.0608. The SMILES string of the molecule is COC(=O)Cc1ccc(OC)c(-c2ccc(C(F)(F)F)cc2CN)c1.c1ccc2c(c1)CCC2. The van der Waals surface area contributed by atoms with Crippen LogP contribution in [0.5, 0.6) is 5.75 Å². The summed E-state index contributed by atoms with van der Waals surface area (Å²) in [5, 5.41) is 0. The molecule has 7 heteroatoms. The first-order valence-electron chi connectivity index (χ1n) is 11.0. The van der Waals surface area contributed by atoms with Crippen LogP contribution in [0.4, 0.5) is 13.2 Å². The fraction of sp³-hybridized carbons (Fsp3) is 0.296. The summed E-state index contributed by atoms with van der Waals surface area (Å²) in [5.41, 5.74) is 10.1. The van der Waals surface area contributed by atoms with E-state index in [-0.39, 0.29) is 13.0 Å². The maximum atomic E-state index is 12.9. The Bertz CT molecular complexity index is 1120. The highest BCUT2D eigenvalue weighted by Crippen LogP contribution is 2.37. The van der Waals surface area contributed by atoms with Crippen LogP contribution in [0.15, 0.2) is 60.7 Å². The van der Waals surface area contributed by atoms with Crippen LogP contribution in [-0.4, -0.2) is 20.2 Å². The van der Waals surface area contributed by atoms with E-state index in [0.29, 0.717) is 28.0 Å². The molecule has 0 heterocycles. The molecule has 3 aromatic rings. The van der Waals surface area contributed by atoms with E-state index in [2.05, 4.69) is 29.0 Å². The largest absolute Gasteiger partial charge is 0.496 e. The number of aryl methyl sites for hydroxylation is 2. The van der Waals surface area contributed by atoms with Crippen LogP contribution < -0.4 is 10.5 Å². The highest BCUT2D eigenvalue weighted by atomic mass is 19.4. The van der Waals surface area contributed by atoms with E-state index < -0.39 is 17.7 Å². The minimum atomic E-state index is -4.45. The summed E-state index contributed by atoms with van der Waals surface area (Å²) in [6.07, 6.45) is -0.433. The van der Waals surface area contributed by atoms with Crippen molar-refractivity contribution in [2.24, 2.45) is 5.73 Å². The van der Waals surface area contributed by atoms with Crippen molar-refractivity contribution in [1.82, 2.24) is 0 Å². The Morgan fingerprint density at radius 2 is 1.62 bits per heavy atom. The van der Waals surface area contributed by atoms with E-state index in [1.54, 1.807) is 29.3 Å². The number of carbonyl (C=O) groups is 1.